The Hall–Kier alpha value is -3.12. The van der Waals surface area contributed by atoms with E-state index < -0.39 is 0 Å². The molecule has 0 saturated carbocycles. The summed E-state index contributed by atoms with van der Waals surface area (Å²) in [7, 11) is 1.65. The van der Waals surface area contributed by atoms with Gasteiger partial charge in [-0.3, -0.25) is 4.79 Å². The highest BCUT2D eigenvalue weighted by Crippen LogP contribution is 2.26. The molecule has 0 atom stereocenters. The van der Waals surface area contributed by atoms with Gasteiger partial charge in [0, 0.05) is 30.6 Å². The van der Waals surface area contributed by atoms with Gasteiger partial charge >= 0.3 is 0 Å². The third-order valence-electron chi connectivity index (χ3n) is 5.42. The summed E-state index contributed by atoms with van der Waals surface area (Å²) in [6, 6.07) is 15.8. The SMILES string of the molecule is COc1ccc(CCC(=O)Nc2ccc3nc(N4CCOCC4)cc(C)c3c2)cc1. The van der Waals surface area contributed by atoms with Gasteiger partial charge in [0.2, 0.25) is 5.91 Å². The number of hydrogen-bond acceptors (Lipinski definition) is 5. The minimum Gasteiger partial charge on any atom is -0.497 e. The highest BCUT2D eigenvalue weighted by Gasteiger charge is 2.14. The summed E-state index contributed by atoms with van der Waals surface area (Å²) in [5.74, 6) is 1.81. The van der Waals surface area contributed by atoms with Crippen LogP contribution in [0.2, 0.25) is 0 Å². The van der Waals surface area contributed by atoms with E-state index in [-0.39, 0.29) is 5.91 Å². The van der Waals surface area contributed by atoms with Gasteiger partial charge < -0.3 is 19.7 Å². The minimum absolute atomic E-state index is 0.000664. The number of benzene rings is 2. The molecule has 0 bridgehead atoms. The molecule has 6 nitrogen and oxygen atoms in total. The van der Waals surface area contributed by atoms with Gasteiger partial charge in [0.15, 0.2) is 0 Å². The number of fused-ring (bicyclic) bond motifs is 1. The number of rotatable bonds is 6. The van der Waals surface area contributed by atoms with Crippen molar-refractivity contribution >= 4 is 28.3 Å². The monoisotopic (exact) mass is 405 g/mol. The van der Waals surface area contributed by atoms with Crippen molar-refractivity contribution in [3.63, 3.8) is 0 Å². The number of pyridine rings is 1. The summed E-state index contributed by atoms with van der Waals surface area (Å²) in [5, 5.41) is 4.07. The molecule has 3 aromatic rings. The van der Waals surface area contributed by atoms with E-state index in [1.807, 2.05) is 42.5 Å². The van der Waals surface area contributed by atoms with Crippen LogP contribution in [-0.4, -0.2) is 44.3 Å². The number of methoxy groups -OCH3 is 1. The first-order valence-corrected chi connectivity index (χ1v) is 10.3. The normalized spacial score (nSPS) is 14.0. The Labute approximate surface area is 176 Å². The number of carbonyl (C=O) groups is 1. The highest BCUT2D eigenvalue weighted by molar-refractivity contribution is 5.94. The van der Waals surface area contributed by atoms with E-state index in [4.69, 9.17) is 14.5 Å². The molecule has 1 saturated heterocycles. The number of amides is 1. The number of nitrogens with one attached hydrogen (secondary N) is 1. The lowest BCUT2D eigenvalue weighted by Gasteiger charge is -2.28. The molecule has 1 aliphatic rings. The zero-order chi connectivity index (χ0) is 20.9. The molecule has 0 unspecified atom stereocenters. The van der Waals surface area contributed by atoms with Crippen molar-refractivity contribution in [1.82, 2.24) is 4.98 Å². The maximum Gasteiger partial charge on any atom is 0.224 e. The van der Waals surface area contributed by atoms with Crippen molar-refractivity contribution in [3.05, 3.63) is 59.7 Å². The van der Waals surface area contributed by atoms with Crippen LogP contribution in [0.1, 0.15) is 17.5 Å². The second kappa shape index (κ2) is 9.13. The lowest BCUT2D eigenvalue weighted by molar-refractivity contribution is -0.116. The van der Waals surface area contributed by atoms with Crippen molar-refractivity contribution in [2.75, 3.05) is 43.6 Å². The third kappa shape index (κ3) is 4.71. The molecule has 0 spiro atoms. The van der Waals surface area contributed by atoms with Gasteiger partial charge in [-0.1, -0.05) is 12.1 Å². The van der Waals surface area contributed by atoms with E-state index in [2.05, 4.69) is 23.2 Å². The van der Waals surface area contributed by atoms with Crippen LogP contribution in [0.15, 0.2) is 48.5 Å². The fourth-order valence-electron chi connectivity index (χ4n) is 3.68. The number of aryl methyl sites for hydroxylation is 2. The molecule has 2 heterocycles. The molecule has 1 aromatic heterocycles. The van der Waals surface area contributed by atoms with Crippen LogP contribution < -0.4 is 15.0 Å². The zero-order valence-corrected chi connectivity index (χ0v) is 17.5. The molecular weight excluding hydrogens is 378 g/mol. The fourth-order valence-corrected chi connectivity index (χ4v) is 3.68. The quantitative estimate of drug-likeness (QED) is 0.673. The molecule has 0 aliphatic carbocycles. The third-order valence-corrected chi connectivity index (χ3v) is 5.42. The molecule has 2 aromatic carbocycles. The first-order valence-electron chi connectivity index (χ1n) is 10.3. The van der Waals surface area contributed by atoms with Crippen LogP contribution >= 0.6 is 0 Å². The number of ether oxygens (including phenoxy) is 2. The number of nitrogens with zero attached hydrogens (tertiary/aromatic N) is 2. The van der Waals surface area contributed by atoms with Crippen molar-refractivity contribution in [2.24, 2.45) is 0 Å². The van der Waals surface area contributed by atoms with Gasteiger partial charge in [0.25, 0.3) is 0 Å². The number of anilines is 2. The van der Waals surface area contributed by atoms with E-state index in [9.17, 15) is 4.79 Å². The van der Waals surface area contributed by atoms with Crippen LogP contribution in [0, 0.1) is 6.92 Å². The zero-order valence-electron chi connectivity index (χ0n) is 17.5. The second-order valence-electron chi connectivity index (χ2n) is 7.52. The van der Waals surface area contributed by atoms with E-state index in [0.29, 0.717) is 12.8 Å². The van der Waals surface area contributed by atoms with E-state index in [1.54, 1.807) is 7.11 Å². The van der Waals surface area contributed by atoms with Gasteiger partial charge in [-0.25, -0.2) is 4.98 Å². The lowest BCUT2D eigenvalue weighted by Crippen LogP contribution is -2.36. The lowest BCUT2D eigenvalue weighted by atomic mass is 10.1. The Morgan fingerprint density at radius 2 is 1.90 bits per heavy atom. The molecule has 0 radical (unpaired) electrons. The summed E-state index contributed by atoms with van der Waals surface area (Å²) in [6.07, 6.45) is 1.12. The van der Waals surface area contributed by atoms with Crippen molar-refractivity contribution in [2.45, 2.75) is 19.8 Å². The predicted molar refractivity (Wildman–Crippen MR) is 119 cm³/mol. The Bertz CT molecular complexity index is 1030. The highest BCUT2D eigenvalue weighted by atomic mass is 16.5. The van der Waals surface area contributed by atoms with Crippen LogP contribution in [0.3, 0.4) is 0 Å². The van der Waals surface area contributed by atoms with E-state index in [1.165, 1.54) is 0 Å². The molecule has 1 fully saturated rings. The van der Waals surface area contributed by atoms with Crippen molar-refractivity contribution in [3.8, 4) is 5.75 Å². The Morgan fingerprint density at radius 1 is 1.13 bits per heavy atom. The summed E-state index contributed by atoms with van der Waals surface area (Å²) < 4.78 is 10.6. The molecular formula is C24H27N3O3. The van der Waals surface area contributed by atoms with Crippen LogP contribution in [0.4, 0.5) is 11.5 Å². The summed E-state index contributed by atoms with van der Waals surface area (Å²) in [5.41, 5.74) is 4.00. The standard InChI is InChI=1S/C24H27N3O3/c1-17-15-23(27-11-13-30-14-12-27)26-22-9-6-19(16-21(17)22)25-24(28)10-5-18-3-7-20(29-2)8-4-18/h3-4,6-9,15-16H,5,10-14H2,1-2H3,(H,25,28). The maximum atomic E-state index is 12.4. The smallest absolute Gasteiger partial charge is 0.224 e. The Morgan fingerprint density at radius 3 is 2.63 bits per heavy atom. The first-order chi connectivity index (χ1) is 14.6. The van der Waals surface area contributed by atoms with Crippen molar-refractivity contribution < 1.29 is 14.3 Å². The number of hydrogen-bond donors (Lipinski definition) is 1. The Balaban J connectivity index is 1.42. The summed E-state index contributed by atoms with van der Waals surface area (Å²) in [6.45, 7) is 5.28. The molecule has 4 rings (SSSR count). The van der Waals surface area contributed by atoms with Gasteiger partial charge in [-0.15, -0.1) is 0 Å². The van der Waals surface area contributed by atoms with Gasteiger partial charge in [0.1, 0.15) is 11.6 Å². The maximum absolute atomic E-state index is 12.4. The average molecular weight is 405 g/mol. The van der Waals surface area contributed by atoms with Gasteiger partial charge in [-0.05, 0) is 60.9 Å². The number of carbonyl (C=O) groups excluding carboxylic acids is 1. The molecule has 1 N–H and O–H groups in total. The topological polar surface area (TPSA) is 63.7 Å². The van der Waals surface area contributed by atoms with Crippen molar-refractivity contribution in [1.29, 1.82) is 0 Å². The van der Waals surface area contributed by atoms with Crippen LogP contribution in [0.25, 0.3) is 10.9 Å². The Kier molecular flexibility index (Phi) is 6.14. The second-order valence-corrected chi connectivity index (χ2v) is 7.52. The number of morpholine rings is 1. The largest absolute Gasteiger partial charge is 0.497 e. The van der Waals surface area contributed by atoms with Crippen LogP contribution in [0.5, 0.6) is 5.75 Å². The van der Waals surface area contributed by atoms with Crippen LogP contribution in [-0.2, 0) is 16.0 Å². The predicted octanol–water partition coefficient (Wildman–Crippen LogP) is 3.96. The minimum atomic E-state index is 0.000664. The summed E-state index contributed by atoms with van der Waals surface area (Å²) >= 11 is 0. The van der Waals surface area contributed by atoms with E-state index in [0.717, 1.165) is 65.6 Å². The average Bonchev–Trinajstić information content (AvgIpc) is 2.79. The van der Waals surface area contributed by atoms with Gasteiger partial charge in [-0.2, -0.15) is 0 Å². The molecule has 30 heavy (non-hydrogen) atoms. The number of aromatic nitrogens is 1. The fraction of sp³-hybridized carbons (Fsp3) is 0.333. The summed E-state index contributed by atoms with van der Waals surface area (Å²) in [4.78, 5) is 19.5. The molecule has 156 valence electrons. The molecule has 6 heteroatoms. The van der Waals surface area contributed by atoms with Gasteiger partial charge in [0.05, 0.1) is 25.8 Å². The first kappa shape index (κ1) is 20.2. The molecule has 1 amide bonds. The van der Waals surface area contributed by atoms with E-state index >= 15 is 0 Å². The molecule has 1 aliphatic heterocycles.